The van der Waals surface area contributed by atoms with Gasteiger partial charge in [-0.1, -0.05) is 6.07 Å². The van der Waals surface area contributed by atoms with Crippen LogP contribution in [0.15, 0.2) is 46.1 Å². The number of pyridine rings is 2. The summed E-state index contributed by atoms with van der Waals surface area (Å²) in [6.45, 7) is 4.02. The van der Waals surface area contributed by atoms with Gasteiger partial charge in [-0.25, -0.2) is 0 Å². The summed E-state index contributed by atoms with van der Waals surface area (Å²) >= 11 is 1.63. The van der Waals surface area contributed by atoms with E-state index in [0.717, 1.165) is 38.3 Å². The monoisotopic (exact) mass is 296 g/mol. The SMILES string of the molecule is CSc1cc(-c2ccc(C)nc2C)cc2ccc(=O)[nH]c12. The van der Waals surface area contributed by atoms with Gasteiger partial charge in [0, 0.05) is 27.9 Å². The molecule has 0 aliphatic heterocycles. The average molecular weight is 296 g/mol. The van der Waals surface area contributed by atoms with Crippen LogP contribution in [0.3, 0.4) is 0 Å². The van der Waals surface area contributed by atoms with E-state index in [-0.39, 0.29) is 5.56 Å². The number of aromatic amines is 1. The quantitative estimate of drug-likeness (QED) is 0.729. The maximum absolute atomic E-state index is 11.5. The second-order valence-corrected chi connectivity index (χ2v) is 5.90. The molecule has 3 aromatic rings. The summed E-state index contributed by atoms with van der Waals surface area (Å²) in [7, 11) is 0. The first-order valence-electron chi connectivity index (χ1n) is 6.74. The molecular weight excluding hydrogens is 280 g/mol. The molecule has 0 radical (unpaired) electrons. The van der Waals surface area contributed by atoms with E-state index in [1.807, 2.05) is 32.2 Å². The summed E-state index contributed by atoms with van der Waals surface area (Å²) < 4.78 is 0. The maximum Gasteiger partial charge on any atom is 0.248 e. The Morgan fingerprint density at radius 1 is 1.10 bits per heavy atom. The van der Waals surface area contributed by atoms with Crippen LogP contribution in [0.4, 0.5) is 0 Å². The first-order chi connectivity index (χ1) is 10.1. The van der Waals surface area contributed by atoms with Crippen LogP contribution in [-0.2, 0) is 0 Å². The number of rotatable bonds is 2. The van der Waals surface area contributed by atoms with Crippen molar-refractivity contribution in [3.05, 3.63) is 58.1 Å². The fourth-order valence-corrected chi connectivity index (χ4v) is 3.16. The van der Waals surface area contributed by atoms with Crippen LogP contribution in [0.1, 0.15) is 11.4 Å². The molecule has 0 atom stereocenters. The fraction of sp³-hybridized carbons (Fsp3) is 0.176. The number of nitrogens with one attached hydrogen (secondary N) is 1. The maximum atomic E-state index is 11.5. The third-order valence-electron chi connectivity index (χ3n) is 3.55. The largest absolute Gasteiger partial charge is 0.321 e. The molecule has 21 heavy (non-hydrogen) atoms. The highest BCUT2D eigenvalue weighted by molar-refractivity contribution is 7.98. The molecule has 0 saturated heterocycles. The Bertz CT molecular complexity index is 884. The van der Waals surface area contributed by atoms with Crippen molar-refractivity contribution in [1.29, 1.82) is 0 Å². The molecule has 0 aliphatic carbocycles. The number of nitrogens with zero attached hydrogens (tertiary/aromatic N) is 1. The van der Waals surface area contributed by atoms with Gasteiger partial charge in [-0.3, -0.25) is 9.78 Å². The van der Waals surface area contributed by atoms with Gasteiger partial charge in [-0.15, -0.1) is 11.8 Å². The third kappa shape index (κ3) is 2.59. The van der Waals surface area contributed by atoms with Crippen molar-refractivity contribution in [3.8, 4) is 11.1 Å². The van der Waals surface area contributed by atoms with E-state index in [1.165, 1.54) is 0 Å². The molecule has 0 unspecified atom stereocenters. The number of fused-ring (bicyclic) bond motifs is 1. The van der Waals surface area contributed by atoms with Crippen molar-refractivity contribution in [1.82, 2.24) is 9.97 Å². The highest BCUT2D eigenvalue weighted by atomic mass is 32.2. The molecule has 1 aromatic carbocycles. The zero-order valence-electron chi connectivity index (χ0n) is 12.2. The number of H-pyrrole nitrogens is 1. The number of benzene rings is 1. The van der Waals surface area contributed by atoms with Gasteiger partial charge in [0.2, 0.25) is 5.56 Å². The number of thioether (sulfide) groups is 1. The van der Waals surface area contributed by atoms with Crippen molar-refractivity contribution in [3.63, 3.8) is 0 Å². The summed E-state index contributed by atoms with van der Waals surface area (Å²) in [6, 6.07) is 11.8. The van der Waals surface area contributed by atoms with Crippen molar-refractivity contribution < 1.29 is 0 Å². The zero-order valence-corrected chi connectivity index (χ0v) is 13.0. The van der Waals surface area contributed by atoms with E-state index in [1.54, 1.807) is 17.8 Å². The molecule has 2 aromatic heterocycles. The molecule has 2 heterocycles. The molecular formula is C17H16N2OS. The molecule has 0 spiro atoms. The standard InChI is InChI=1S/C17H16N2OS/c1-10-4-6-14(11(2)18-10)13-8-12-5-7-16(20)19-17(12)15(9-13)21-3/h4-9H,1-3H3,(H,19,20). The Labute approximate surface area is 127 Å². The van der Waals surface area contributed by atoms with E-state index in [2.05, 4.69) is 28.2 Å². The lowest BCUT2D eigenvalue weighted by molar-refractivity contribution is 1.12. The van der Waals surface area contributed by atoms with Gasteiger partial charge in [0.1, 0.15) is 0 Å². The second kappa shape index (κ2) is 5.37. The highest BCUT2D eigenvalue weighted by Crippen LogP contribution is 2.32. The van der Waals surface area contributed by atoms with E-state index < -0.39 is 0 Å². The highest BCUT2D eigenvalue weighted by Gasteiger charge is 2.09. The Hall–Kier alpha value is -2.07. The van der Waals surface area contributed by atoms with Crippen LogP contribution in [0.2, 0.25) is 0 Å². The number of aryl methyl sites for hydroxylation is 2. The van der Waals surface area contributed by atoms with E-state index in [0.29, 0.717) is 0 Å². The van der Waals surface area contributed by atoms with E-state index in [4.69, 9.17) is 0 Å². The van der Waals surface area contributed by atoms with Crippen LogP contribution in [0.5, 0.6) is 0 Å². The lowest BCUT2D eigenvalue weighted by atomic mass is 10.0. The molecule has 1 N–H and O–H groups in total. The summed E-state index contributed by atoms with van der Waals surface area (Å²) in [5, 5.41) is 1.04. The number of hydrogen-bond acceptors (Lipinski definition) is 3. The lowest BCUT2D eigenvalue weighted by Crippen LogP contribution is -2.03. The summed E-state index contributed by atoms with van der Waals surface area (Å²) in [4.78, 5) is 20.0. The number of aromatic nitrogens is 2. The van der Waals surface area contributed by atoms with Crippen molar-refractivity contribution in [2.24, 2.45) is 0 Å². The minimum absolute atomic E-state index is 0.0706. The molecule has 0 fully saturated rings. The van der Waals surface area contributed by atoms with E-state index in [9.17, 15) is 4.79 Å². The molecule has 0 bridgehead atoms. The summed E-state index contributed by atoms with van der Waals surface area (Å²) in [5.74, 6) is 0. The van der Waals surface area contributed by atoms with Gasteiger partial charge >= 0.3 is 0 Å². The first-order valence-corrected chi connectivity index (χ1v) is 7.96. The van der Waals surface area contributed by atoms with Crippen molar-refractivity contribution in [2.45, 2.75) is 18.7 Å². The van der Waals surface area contributed by atoms with Crippen LogP contribution in [-0.4, -0.2) is 16.2 Å². The molecule has 0 saturated carbocycles. The van der Waals surface area contributed by atoms with Gasteiger partial charge in [0.25, 0.3) is 0 Å². The third-order valence-corrected chi connectivity index (χ3v) is 4.31. The van der Waals surface area contributed by atoms with Crippen molar-refractivity contribution >= 4 is 22.7 Å². The van der Waals surface area contributed by atoms with Gasteiger partial charge in [-0.05, 0) is 55.3 Å². The first kappa shape index (κ1) is 13.9. The summed E-state index contributed by atoms with van der Waals surface area (Å²) in [6.07, 6.45) is 2.02. The Morgan fingerprint density at radius 2 is 1.90 bits per heavy atom. The van der Waals surface area contributed by atoms with Crippen LogP contribution < -0.4 is 5.56 Å². The van der Waals surface area contributed by atoms with E-state index >= 15 is 0 Å². The predicted octanol–water partition coefficient (Wildman–Crippen LogP) is 3.93. The Kier molecular flexibility index (Phi) is 3.55. The van der Waals surface area contributed by atoms with Gasteiger partial charge in [0.05, 0.1) is 5.52 Å². The minimum atomic E-state index is -0.0706. The Balaban J connectivity index is 2.29. The molecule has 3 nitrogen and oxygen atoms in total. The lowest BCUT2D eigenvalue weighted by Gasteiger charge is -2.10. The minimum Gasteiger partial charge on any atom is -0.321 e. The Morgan fingerprint density at radius 3 is 2.62 bits per heavy atom. The predicted molar refractivity (Wildman–Crippen MR) is 89.1 cm³/mol. The topological polar surface area (TPSA) is 45.8 Å². The molecule has 3 rings (SSSR count). The van der Waals surface area contributed by atoms with Crippen LogP contribution in [0.25, 0.3) is 22.0 Å². The fourth-order valence-electron chi connectivity index (χ4n) is 2.54. The molecule has 4 heteroatoms. The molecule has 0 amide bonds. The number of hydrogen-bond donors (Lipinski definition) is 1. The normalized spacial score (nSPS) is 11.0. The van der Waals surface area contributed by atoms with Crippen LogP contribution in [0, 0.1) is 13.8 Å². The average Bonchev–Trinajstić information content (AvgIpc) is 2.46. The van der Waals surface area contributed by atoms with Gasteiger partial charge < -0.3 is 4.98 Å². The zero-order chi connectivity index (χ0) is 15.0. The second-order valence-electron chi connectivity index (χ2n) is 5.05. The smallest absolute Gasteiger partial charge is 0.248 e. The molecule has 106 valence electrons. The van der Waals surface area contributed by atoms with Crippen molar-refractivity contribution in [2.75, 3.05) is 6.26 Å². The molecule has 0 aliphatic rings. The summed E-state index contributed by atoms with van der Waals surface area (Å²) in [5.41, 5.74) is 5.13. The van der Waals surface area contributed by atoms with Crippen LogP contribution >= 0.6 is 11.8 Å². The van der Waals surface area contributed by atoms with Gasteiger partial charge in [0.15, 0.2) is 0 Å². The van der Waals surface area contributed by atoms with Gasteiger partial charge in [-0.2, -0.15) is 0 Å².